The average Bonchev–Trinajstić information content (AvgIpc) is 2.55. The monoisotopic (exact) mass is 303 g/mol. The highest BCUT2D eigenvalue weighted by atomic mass is 35.5. The molecule has 0 N–H and O–H groups in total. The molecule has 2 aromatic rings. The zero-order valence-corrected chi connectivity index (χ0v) is 13.4. The predicted molar refractivity (Wildman–Crippen MR) is 88.1 cm³/mol. The highest BCUT2D eigenvalue weighted by Crippen LogP contribution is 2.36. The standard InChI is InChI=1S/C18H22ClNO/c1-3-4-13-21-17-7-5-16(6-8-17)18(19)14(2)15-9-11-20-12-10-15/h5-12,14,18H,3-4,13H2,1-2H3. The van der Waals surface area contributed by atoms with E-state index in [4.69, 9.17) is 16.3 Å². The maximum absolute atomic E-state index is 6.61. The van der Waals surface area contributed by atoms with Crippen LogP contribution in [0.25, 0.3) is 0 Å². The summed E-state index contributed by atoms with van der Waals surface area (Å²) in [5, 5.41) is -0.0582. The van der Waals surface area contributed by atoms with Crippen LogP contribution in [0.2, 0.25) is 0 Å². The molecule has 1 aromatic heterocycles. The van der Waals surface area contributed by atoms with E-state index in [0.29, 0.717) is 0 Å². The van der Waals surface area contributed by atoms with Gasteiger partial charge in [0.2, 0.25) is 0 Å². The van der Waals surface area contributed by atoms with Gasteiger partial charge in [-0.15, -0.1) is 11.6 Å². The van der Waals surface area contributed by atoms with Gasteiger partial charge < -0.3 is 4.74 Å². The number of alkyl halides is 1. The van der Waals surface area contributed by atoms with Gasteiger partial charge in [-0.1, -0.05) is 32.4 Å². The van der Waals surface area contributed by atoms with Gasteiger partial charge in [0, 0.05) is 18.3 Å². The van der Waals surface area contributed by atoms with Gasteiger partial charge in [0.15, 0.2) is 0 Å². The lowest BCUT2D eigenvalue weighted by atomic mass is 9.94. The molecule has 0 fully saturated rings. The van der Waals surface area contributed by atoms with Crippen LogP contribution in [0, 0.1) is 0 Å². The van der Waals surface area contributed by atoms with Crippen molar-refractivity contribution in [2.45, 2.75) is 38.0 Å². The van der Waals surface area contributed by atoms with Crippen LogP contribution in [0.15, 0.2) is 48.8 Å². The second-order valence-corrected chi connectivity index (χ2v) is 5.71. The summed E-state index contributed by atoms with van der Waals surface area (Å²) >= 11 is 6.61. The summed E-state index contributed by atoms with van der Waals surface area (Å²) in [4.78, 5) is 4.05. The number of nitrogens with zero attached hydrogens (tertiary/aromatic N) is 1. The Morgan fingerprint density at radius 2 is 1.71 bits per heavy atom. The SMILES string of the molecule is CCCCOc1ccc(C(Cl)C(C)c2ccncc2)cc1. The molecule has 0 aliphatic rings. The van der Waals surface area contributed by atoms with Crippen LogP contribution in [0.4, 0.5) is 0 Å². The molecule has 0 bridgehead atoms. The van der Waals surface area contributed by atoms with E-state index in [1.54, 1.807) is 12.4 Å². The van der Waals surface area contributed by atoms with Gasteiger partial charge in [0.25, 0.3) is 0 Å². The van der Waals surface area contributed by atoms with Gasteiger partial charge >= 0.3 is 0 Å². The van der Waals surface area contributed by atoms with Crippen molar-refractivity contribution in [1.29, 1.82) is 0 Å². The lowest BCUT2D eigenvalue weighted by Gasteiger charge is -2.19. The van der Waals surface area contributed by atoms with Gasteiger partial charge in [0.05, 0.1) is 12.0 Å². The summed E-state index contributed by atoms with van der Waals surface area (Å²) in [6, 6.07) is 12.1. The molecule has 3 heteroatoms. The molecule has 0 saturated carbocycles. The summed E-state index contributed by atoms with van der Waals surface area (Å²) in [5.74, 6) is 1.15. The Bertz CT molecular complexity index is 527. The van der Waals surface area contributed by atoms with E-state index in [1.165, 1.54) is 5.56 Å². The Labute approximate surface area is 132 Å². The predicted octanol–water partition coefficient (Wildman–Crippen LogP) is 5.34. The molecule has 2 rings (SSSR count). The number of unbranched alkanes of at least 4 members (excludes halogenated alkanes) is 1. The van der Waals surface area contributed by atoms with E-state index < -0.39 is 0 Å². The van der Waals surface area contributed by atoms with Crippen LogP contribution < -0.4 is 4.74 Å². The molecule has 0 aliphatic heterocycles. The number of benzene rings is 1. The fourth-order valence-electron chi connectivity index (χ4n) is 2.21. The molecule has 0 amide bonds. The van der Waals surface area contributed by atoms with E-state index in [9.17, 15) is 0 Å². The Morgan fingerprint density at radius 3 is 2.33 bits per heavy atom. The van der Waals surface area contributed by atoms with Crippen molar-refractivity contribution >= 4 is 11.6 Å². The lowest BCUT2D eigenvalue weighted by molar-refractivity contribution is 0.309. The number of ether oxygens (including phenoxy) is 1. The van der Waals surface area contributed by atoms with Crippen LogP contribution in [0.3, 0.4) is 0 Å². The summed E-state index contributed by atoms with van der Waals surface area (Å²) in [5.41, 5.74) is 2.32. The van der Waals surface area contributed by atoms with Crippen molar-refractivity contribution < 1.29 is 4.74 Å². The van der Waals surface area contributed by atoms with Crippen LogP contribution >= 0.6 is 11.6 Å². The number of pyridine rings is 1. The molecule has 1 heterocycles. The number of aromatic nitrogens is 1. The minimum atomic E-state index is -0.0582. The zero-order valence-electron chi connectivity index (χ0n) is 12.6. The molecule has 1 aromatic carbocycles. The van der Waals surface area contributed by atoms with E-state index in [0.717, 1.165) is 30.8 Å². The average molecular weight is 304 g/mol. The molecule has 112 valence electrons. The van der Waals surface area contributed by atoms with Crippen molar-refractivity contribution in [1.82, 2.24) is 4.98 Å². The first-order valence-electron chi connectivity index (χ1n) is 7.49. The van der Waals surface area contributed by atoms with E-state index >= 15 is 0 Å². The van der Waals surface area contributed by atoms with Gasteiger partial charge in [0.1, 0.15) is 5.75 Å². The first kappa shape index (κ1) is 15.8. The largest absolute Gasteiger partial charge is 0.494 e. The molecule has 21 heavy (non-hydrogen) atoms. The van der Waals surface area contributed by atoms with E-state index in [-0.39, 0.29) is 11.3 Å². The van der Waals surface area contributed by atoms with Crippen LogP contribution in [0.1, 0.15) is 49.1 Å². The third kappa shape index (κ3) is 4.47. The molecule has 0 spiro atoms. The normalized spacial score (nSPS) is 13.7. The smallest absolute Gasteiger partial charge is 0.119 e. The third-order valence-corrected chi connectivity index (χ3v) is 4.27. The topological polar surface area (TPSA) is 22.1 Å². The van der Waals surface area contributed by atoms with Crippen molar-refractivity contribution in [2.75, 3.05) is 6.61 Å². The fraction of sp³-hybridized carbons (Fsp3) is 0.389. The summed E-state index contributed by atoms with van der Waals surface area (Å²) < 4.78 is 5.67. The second kappa shape index (κ2) is 8.04. The van der Waals surface area contributed by atoms with Crippen LogP contribution in [-0.2, 0) is 0 Å². The maximum Gasteiger partial charge on any atom is 0.119 e. The number of halogens is 1. The van der Waals surface area contributed by atoms with Crippen LogP contribution in [-0.4, -0.2) is 11.6 Å². The first-order valence-corrected chi connectivity index (χ1v) is 7.92. The quantitative estimate of drug-likeness (QED) is 0.508. The Hall–Kier alpha value is -1.54. The first-order chi connectivity index (χ1) is 10.2. The van der Waals surface area contributed by atoms with Crippen molar-refractivity contribution in [3.05, 3.63) is 59.9 Å². The molecule has 0 saturated heterocycles. The highest BCUT2D eigenvalue weighted by molar-refractivity contribution is 6.21. The van der Waals surface area contributed by atoms with Gasteiger partial charge in [-0.05, 0) is 41.8 Å². The number of hydrogen-bond donors (Lipinski definition) is 0. The summed E-state index contributed by atoms with van der Waals surface area (Å²) in [6.07, 6.45) is 5.84. The molecular formula is C18H22ClNO. The van der Waals surface area contributed by atoms with Crippen molar-refractivity contribution in [3.8, 4) is 5.75 Å². The molecule has 2 atom stereocenters. The number of rotatable bonds is 7. The van der Waals surface area contributed by atoms with Gasteiger partial charge in [-0.2, -0.15) is 0 Å². The Kier molecular flexibility index (Phi) is 6.06. The van der Waals surface area contributed by atoms with Gasteiger partial charge in [-0.25, -0.2) is 0 Å². The summed E-state index contributed by atoms with van der Waals surface area (Å²) in [6.45, 7) is 5.07. The Balaban J connectivity index is 2.01. The molecule has 2 unspecified atom stereocenters. The second-order valence-electron chi connectivity index (χ2n) is 5.24. The van der Waals surface area contributed by atoms with E-state index in [1.807, 2.05) is 24.3 Å². The van der Waals surface area contributed by atoms with Crippen molar-refractivity contribution in [2.24, 2.45) is 0 Å². The summed E-state index contributed by atoms with van der Waals surface area (Å²) in [7, 11) is 0. The zero-order chi connectivity index (χ0) is 15.1. The molecule has 0 aliphatic carbocycles. The molecular weight excluding hydrogens is 282 g/mol. The minimum absolute atomic E-state index is 0.0582. The van der Waals surface area contributed by atoms with Crippen LogP contribution in [0.5, 0.6) is 5.75 Å². The fourth-order valence-corrected chi connectivity index (χ4v) is 2.50. The molecule has 2 nitrogen and oxygen atoms in total. The molecule has 0 radical (unpaired) electrons. The van der Waals surface area contributed by atoms with Gasteiger partial charge in [-0.3, -0.25) is 4.98 Å². The maximum atomic E-state index is 6.61. The Morgan fingerprint density at radius 1 is 1.05 bits per heavy atom. The lowest BCUT2D eigenvalue weighted by Crippen LogP contribution is -2.03. The highest BCUT2D eigenvalue weighted by Gasteiger charge is 2.18. The minimum Gasteiger partial charge on any atom is -0.494 e. The van der Waals surface area contributed by atoms with Crippen molar-refractivity contribution in [3.63, 3.8) is 0 Å². The third-order valence-electron chi connectivity index (χ3n) is 3.64. The number of hydrogen-bond acceptors (Lipinski definition) is 2. The van der Waals surface area contributed by atoms with E-state index in [2.05, 4.69) is 31.0 Å².